The van der Waals surface area contributed by atoms with Crippen molar-refractivity contribution < 1.29 is 19.4 Å². The van der Waals surface area contributed by atoms with Crippen molar-refractivity contribution in [3.63, 3.8) is 0 Å². The van der Waals surface area contributed by atoms with Gasteiger partial charge in [-0.2, -0.15) is 0 Å². The highest BCUT2D eigenvalue weighted by Gasteiger charge is 2.51. The van der Waals surface area contributed by atoms with Crippen LogP contribution in [0, 0.1) is 5.92 Å². The number of alkyl halides is 1. The van der Waals surface area contributed by atoms with Gasteiger partial charge in [-0.15, -0.1) is 11.6 Å². The van der Waals surface area contributed by atoms with E-state index in [1.165, 1.54) is 6.42 Å². The molecule has 0 amide bonds. The Balaban J connectivity index is 1.95. The molecule has 3 rings (SSSR count). The van der Waals surface area contributed by atoms with E-state index >= 15 is 0 Å². The second-order valence-corrected chi connectivity index (χ2v) is 7.85. The lowest BCUT2D eigenvalue weighted by Crippen LogP contribution is -2.39. The Bertz CT molecular complexity index is 698. The molecule has 1 N–H and O–H groups in total. The second-order valence-electron chi connectivity index (χ2n) is 6.42. The predicted octanol–water partition coefficient (Wildman–Crippen LogP) is 4.75. The summed E-state index contributed by atoms with van der Waals surface area (Å²) in [6, 6.07) is 1.59. The van der Waals surface area contributed by atoms with Crippen molar-refractivity contribution in [2.24, 2.45) is 5.92 Å². The van der Waals surface area contributed by atoms with Crippen molar-refractivity contribution in [1.82, 2.24) is 0 Å². The van der Waals surface area contributed by atoms with Crippen molar-refractivity contribution in [1.29, 1.82) is 0 Å². The fraction of sp³-hybridized carbons (Fsp3) is 0.529. The number of Topliss-reactive ketones (excluding diaryl/α,β-unsaturated/α-hetero) is 1. The van der Waals surface area contributed by atoms with Crippen LogP contribution in [0.5, 0.6) is 5.75 Å². The summed E-state index contributed by atoms with van der Waals surface area (Å²) in [6.07, 6.45) is 5.54. The van der Waals surface area contributed by atoms with Crippen LogP contribution in [0.1, 0.15) is 48.0 Å². The molecule has 0 bridgehead atoms. The fourth-order valence-electron chi connectivity index (χ4n) is 3.74. The normalized spacial score (nSPS) is 24.0. The Hall–Kier alpha value is -0.970. The van der Waals surface area contributed by atoms with E-state index in [9.17, 15) is 9.59 Å². The smallest absolute Gasteiger partial charge is 0.341 e. The van der Waals surface area contributed by atoms with Crippen LogP contribution in [-0.4, -0.2) is 28.3 Å². The molecule has 1 saturated carbocycles. The minimum absolute atomic E-state index is 0.0505. The lowest BCUT2D eigenvalue weighted by Gasteiger charge is -2.33. The number of aliphatic carboxylic acids is 1. The van der Waals surface area contributed by atoms with Crippen LogP contribution in [-0.2, 0) is 11.2 Å². The van der Waals surface area contributed by atoms with Crippen molar-refractivity contribution in [2.75, 3.05) is 6.61 Å². The maximum Gasteiger partial charge on any atom is 0.341 e. The molecule has 7 heteroatoms. The number of carboxylic acid groups (broad SMARTS) is 1. The number of rotatable bonds is 4. The summed E-state index contributed by atoms with van der Waals surface area (Å²) in [6.45, 7) is -0.530. The third kappa shape index (κ3) is 3.00. The van der Waals surface area contributed by atoms with Gasteiger partial charge in [0.25, 0.3) is 0 Å². The molecule has 24 heavy (non-hydrogen) atoms. The van der Waals surface area contributed by atoms with Crippen LogP contribution in [0.4, 0.5) is 0 Å². The Morgan fingerprint density at radius 1 is 1.25 bits per heavy atom. The Morgan fingerprint density at radius 3 is 2.54 bits per heavy atom. The van der Waals surface area contributed by atoms with Gasteiger partial charge in [-0.05, 0) is 30.4 Å². The maximum absolute atomic E-state index is 13.0. The van der Waals surface area contributed by atoms with Crippen LogP contribution >= 0.6 is 34.8 Å². The summed E-state index contributed by atoms with van der Waals surface area (Å²) in [4.78, 5) is 22.7. The Morgan fingerprint density at radius 2 is 1.92 bits per heavy atom. The SMILES string of the molecule is O=C(O)COc1cc2c(c(Cl)c1Cl)C(=O)C(Cl)(C1CCCCC1)C2. The molecule has 1 fully saturated rings. The van der Waals surface area contributed by atoms with Gasteiger partial charge in [0.2, 0.25) is 0 Å². The zero-order valence-electron chi connectivity index (χ0n) is 12.9. The first-order valence-electron chi connectivity index (χ1n) is 7.93. The molecule has 0 radical (unpaired) electrons. The molecule has 1 aromatic carbocycles. The quantitative estimate of drug-likeness (QED) is 0.752. The third-order valence-electron chi connectivity index (χ3n) is 4.91. The van der Waals surface area contributed by atoms with E-state index in [2.05, 4.69) is 0 Å². The number of halogens is 3. The third-order valence-corrected chi connectivity index (χ3v) is 6.37. The number of hydrogen-bond donors (Lipinski definition) is 1. The van der Waals surface area contributed by atoms with E-state index in [0.29, 0.717) is 17.5 Å². The number of carbonyl (C=O) groups excluding carboxylic acids is 1. The lowest BCUT2D eigenvalue weighted by atomic mass is 9.77. The van der Waals surface area contributed by atoms with E-state index < -0.39 is 17.5 Å². The molecule has 0 spiro atoms. The average molecular weight is 392 g/mol. The van der Waals surface area contributed by atoms with Gasteiger partial charge < -0.3 is 9.84 Å². The molecule has 1 unspecified atom stereocenters. The second kappa shape index (κ2) is 6.74. The molecular formula is C17H17Cl3O4. The monoisotopic (exact) mass is 390 g/mol. The van der Waals surface area contributed by atoms with Gasteiger partial charge in [0, 0.05) is 12.0 Å². The molecule has 0 heterocycles. The summed E-state index contributed by atoms with van der Waals surface area (Å²) in [5, 5.41) is 8.89. The van der Waals surface area contributed by atoms with Crippen molar-refractivity contribution in [3.8, 4) is 5.75 Å². The molecule has 2 aliphatic rings. The van der Waals surface area contributed by atoms with Crippen LogP contribution in [0.3, 0.4) is 0 Å². The fourth-order valence-corrected chi connectivity index (χ4v) is 4.70. The van der Waals surface area contributed by atoms with E-state index in [4.69, 9.17) is 44.6 Å². The highest BCUT2D eigenvalue weighted by molar-refractivity contribution is 6.48. The first-order chi connectivity index (χ1) is 11.3. The van der Waals surface area contributed by atoms with E-state index in [1.54, 1.807) is 6.07 Å². The standard InChI is InChI=1S/C17H17Cl3O4/c18-14-11(24-8-12(21)22)6-9-7-17(20,10-4-2-1-3-5-10)16(23)13(9)15(14)19/h6,10H,1-5,7-8H2,(H,21,22). The Labute approximate surface area is 155 Å². The van der Waals surface area contributed by atoms with Crippen molar-refractivity contribution >= 4 is 46.6 Å². The molecule has 1 aromatic rings. The summed E-state index contributed by atoms with van der Waals surface area (Å²) in [5.41, 5.74) is 1.03. The molecule has 130 valence electrons. The Kier molecular flexibility index (Phi) is 5.01. The first kappa shape index (κ1) is 17.8. The zero-order valence-corrected chi connectivity index (χ0v) is 15.2. The van der Waals surface area contributed by atoms with Gasteiger partial charge in [-0.1, -0.05) is 42.5 Å². The first-order valence-corrected chi connectivity index (χ1v) is 9.07. The minimum atomic E-state index is -1.12. The summed E-state index contributed by atoms with van der Waals surface area (Å²) < 4.78 is 5.18. The molecule has 0 saturated heterocycles. The van der Waals surface area contributed by atoms with E-state index in [1.807, 2.05) is 0 Å². The topological polar surface area (TPSA) is 63.6 Å². The highest BCUT2D eigenvalue weighted by atomic mass is 35.5. The molecule has 2 aliphatic carbocycles. The number of ether oxygens (including phenoxy) is 1. The molecular weight excluding hydrogens is 375 g/mol. The zero-order chi connectivity index (χ0) is 17.5. The van der Waals surface area contributed by atoms with Crippen molar-refractivity contribution in [3.05, 3.63) is 27.2 Å². The number of benzene rings is 1. The molecule has 1 atom stereocenters. The highest BCUT2D eigenvalue weighted by Crippen LogP contribution is 2.50. The van der Waals surface area contributed by atoms with Gasteiger partial charge >= 0.3 is 5.97 Å². The number of carbonyl (C=O) groups is 2. The van der Waals surface area contributed by atoms with Crippen LogP contribution in [0.2, 0.25) is 10.0 Å². The summed E-state index contributed by atoms with van der Waals surface area (Å²) in [7, 11) is 0. The van der Waals surface area contributed by atoms with Crippen LogP contribution in [0.25, 0.3) is 0 Å². The van der Waals surface area contributed by atoms with E-state index in [-0.39, 0.29) is 27.5 Å². The van der Waals surface area contributed by atoms with Gasteiger partial charge in [0.1, 0.15) is 15.6 Å². The minimum Gasteiger partial charge on any atom is -0.480 e. The van der Waals surface area contributed by atoms with Crippen LogP contribution in [0.15, 0.2) is 6.07 Å². The number of carboxylic acids is 1. The number of fused-ring (bicyclic) bond motifs is 1. The summed E-state index contributed by atoms with van der Waals surface area (Å²) in [5.74, 6) is -1.01. The number of hydrogen-bond acceptors (Lipinski definition) is 3. The average Bonchev–Trinajstić information content (AvgIpc) is 2.82. The molecule has 4 nitrogen and oxygen atoms in total. The predicted molar refractivity (Wildman–Crippen MR) is 92.8 cm³/mol. The number of ketones is 1. The van der Waals surface area contributed by atoms with Crippen LogP contribution < -0.4 is 4.74 Å². The van der Waals surface area contributed by atoms with Crippen molar-refractivity contribution in [2.45, 2.75) is 43.4 Å². The van der Waals surface area contributed by atoms with E-state index in [0.717, 1.165) is 25.7 Å². The molecule has 0 aliphatic heterocycles. The van der Waals surface area contributed by atoms with Gasteiger partial charge in [0.05, 0.1) is 5.02 Å². The van der Waals surface area contributed by atoms with Gasteiger partial charge in [-0.3, -0.25) is 4.79 Å². The summed E-state index contributed by atoms with van der Waals surface area (Å²) >= 11 is 19.2. The lowest BCUT2D eigenvalue weighted by molar-refractivity contribution is -0.139. The maximum atomic E-state index is 13.0. The largest absolute Gasteiger partial charge is 0.480 e. The molecule has 0 aromatic heterocycles. The van der Waals surface area contributed by atoms with Gasteiger partial charge in [0.15, 0.2) is 12.4 Å². The van der Waals surface area contributed by atoms with Gasteiger partial charge in [-0.25, -0.2) is 4.79 Å².